The standard InChI is InChI=1S/C34H34F7N7OS/c1-3-33(14-47(2)9-8-20(33)29(37)38)15-49-32-45-28-18(31(46-32)48-12-16-4-5-17(13-48)44-16)10-21(34(39,40)41)25(27(28)36)26-22(35)6-7-23-24(26)19(11-42)30(43)50-23/h6-7,10,16-17,20,29,44H,3-5,8-9,12-15,43H2,1-2H3/t16-,17+,20-,33+/m1/s1. The molecular formula is C34H34F7N7OS. The van der Waals surface area contributed by atoms with E-state index in [1.54, 1.807) is 11.8 Å². The summed E-state index contributed by atoms with van der Waals surface area (Å²) in [5.41, 5.74) is 0.759. The second-order valence-electron chi connectivity index (χ2n) is 13.6. The topological polar surface area (TPSA) is 103 Å². The molecule has 0 aliphatic carbocycles. The summed E-state index contributed by atoms with van der Waals surface area (Å²) in [4.78, 5) is 12.5. The molecule has 0 unspecified atom stereocenters. The number of likely N-dealkylation sites (tertiary alicyclic amines) is 1. The number of nitrogens with two attached hydrogens (primary N) is 1. The van der Waals surface area contributed by atoms with Crippen molar-refractivity contribution in [3.05, 3.63) is 41.0 Å². The van der Waals surface area contributed by atoms with E-state index < -0.39 is 63.8 Å². The first-order valence-corrected chi connectivity index (χ1v) is 17.2. The molecule has 16 heteroatoms. The van der Waals surface area contributed by atoms with Crippen molar-refractivity contribution >= 4 is 43.1 Å². The number of benzene rings is 2. The van der Waals surface area contributed by atoms with Gasteiger partial charge in [-0.3, -0.25) is 0 Å². The molecule has 3 N–H and O–H groups in total. The Hall–Kier alpha value is -3.94. The number of piperidine rings is 1. The molecule has 4 atom stereocenters. The molecule has 2 aromatic heterocycles. The lowest BCUT2D eigenvalue weighted by atomic mass is 9.69. The summed E-state index contributed by atoms with van der Waals surface area (Å²) in [6, 6.07) is 4.34. The van der Waals surface area contributed by atoms with Crippen LogP contribution in [0.25, 0.3) is 32.1 Å². The maximum absolute atomic E-state index is 17.1. The van der Waals surface area contributed by atoms with E-state index in [9.17, 15) is 27.2 Å². The molecule has 50 heavy (non-hydrogen) atoms. The lowest BCUT2D eigenvalue weighted by Crippen LogP contribution is -2.52. The molecule has 5 heterocycles. The fraction of sp³-hybridized carbons (Fsp3) is 0.500. The Morgan fingerprint density at radius 2 is 1.86 bits per heavy atom. The van der Waals surface area contributed by atoms with Crippen molar-refractivity contribution in [1.29, 1.82) is 5.26 Å². The highest BCUT2D eigenvalue weighted by Gasteiger charge is 2.47. The van der Waals surface area contributed by atoms with Crippen LogP contribution in [0.3, 0.4) is 0 Å². The van der Waals surface area contributed by atoms with Crippen LogP contribution in [0.15, 0.2) is 18.2 Å². The Labute approximate surface area is 287 Å². The molecule has 3 aliphatic heterocycles. The van der Waals surface area contributed by atoms with Gasteiger partial charge in [0.1, 0.15) is 28.2 Å². The molecule has 0 radical (unpaired) electrons. The summed E-state index contributed by atoms with van der Waals surface area (Å²) in [6.07, 6.45) is -5.58. The average molecular weight is 722 g/mol. The van der Waals surface area contributed by atoms with Crippen molar-refractivity contribution in [3.8, 4) is 23.2 Å². The normalized spacial score (nSPS) is 24.4. The van der Waals surface area contributed by atoms with Crippen LogP contribution in [-0.4, -0.2) is 73.2 Å². The number of anilines is 2. The van der Waals surface area contributed by atoms with Gasteiger partial charge in [0.25, 0.3) is 0 Å². The van der Waals surface area contributed by atoms with E-state index in [0.29, 0.717) is 38.7 Å². The number of ether oxygens (including phenoxy) is 1. The molecule has 8 nitrogen and oxygen atoms in total. The van der Waals surface area contributed by atoms with Gasteiger partial charge in [0, 0.05) is 69.7 Å². The Balaban J connectivity index is 1.46. The average Bonchev–Trinajstić information content (AvgIpc) is 3.59. The number of fused-ring (bicyclic) bond motifs is 4. The van der Waals surface area contributed by atoms with E-state index in [2.05, 4.69) is 15.3 Å². The van der Waals surface area contributed by atoms with Crippen molar-refractivity contribution in [2.75, 3.05) is 50.5 Å². The molecule has 3 aliphatic rings. The summed E-state index contributed by atoms with van der Waals surface area (Å²) in [7, 11) is 1.82. The second kappa shape index (κ2) is 12.7. The third-order valence-corrected chi connectivity index (χ3v) is 11.6. The third-order valence-electron chi connectivity index (χ3n) is 10.6. The van der Waals surface area contributed by atoms with Crippen LogP contribution in [0.1, 0.15) is 43.7 Å². The summed E-state index contributed by atoms with van der Waals surface area (Å²) in [6.45, 7) is 3.02. The highest BCUT2D eigenvalue weighted by Crippen LogP contribution is 2.49. The molecule has 3 fully saturated rings. The number of alkyl halides is 5. The summed E-state index contributed by atoms with van der Waals surface area (Å²) >= 11 is 0.868. The molecule has 0 amide bonds. The van der Waals surface area contributed by atoms with Gasteiger partial charge in [0.05, 0.1) is 17.7 Å². The van der Waals surface area contributed by atoms with Crippen LogP contribution in [0.4, 0.5) is 41.6 Å². The molecule has 266 valence electrons. The predicted molar refractivity (Wildman–Crippen MR) is 176 cm³/mol. The van der Waals surface area contributed by atoms with Crippen molar-refractivity contribution < 1.29 is 35.5 Å². The Morgan fingerprint density at radius 3 is 2.50 bits per heavy atom. The maximum Gasteiger partial charge on any atom is 0.417 e. The molecule has 0 spiro atoms. The van der Waals surface area contributed by atoms with E-state index >= 15 is 8.78 Å². The van der Waals surface area contributed by atoms with Crippen LogP contribution in [0, 0.1) is 34.3 Å². The Morgan fingerprint density at radius 1 is 1.14 bits per heavy atom. The SMILES string of the molecule is CC[C@@]1(COc2nc(N3C[C@H]4CC[C@@H](C3)N4)c3cc(C(F)(F)F)c(-c4c(F)ccc5sc(N)c(C#N)c45)c(F)c3n2)CN(C)CC[C@@H]1C(F)F. The lowest BCUT2D eigenvalue weighted by Gasteiger charge is -2.46. The van der Waals surface area contributed by atoms with Crippen molar-refractivity contribution in [1.82, 2.24) is 20.2 Å². The second-order valence-corrected chi connectivity index (χ2v) is 14.7. The smallest absolute Gasteiger partial charge is 0.417 e. The first-order valence-electron chi connectivity index (χ1n) is 16.4. The van der Waals surface area contributed by atoms with Gasteiger partial charge in [-0.05, 0) is 57.5 Å². The first-order chi connectivity index (χ1) is 23.7. The Kier molecular flexibility index (Phi) is 8.75. The van der Waals surface area contributed by atoms with Gasteiger partial charge in [0.2, 0.25) is 6.43 Å². The van der Waals surface area contributed by atoms with E-state index in [1.165, 1.54) is 6.07 Å². The number of nitrogens with zero attached hydrogens (tertiary/aromatic N) is 5. The van der Waals surface area contributed by atoms with Gasteiger partial charge >= 0.3 is 12.2 Å². The van der Waals surface area contributed by atoms with Crippen LogP contribution in [-0.2, 0) is 6.18 Å². The number of nitriles is 1. The fourth-order valence-electron chi connectivity index (χ4n) is 8.10. The van der Waals surface area contributed by atoms with Gasteiger partial charge in [-0.2, -0.15) is 28.4 Å². The number of nitrogen functional groups attached to an aromatic ring is 1. The number of rotatable bonds is 7. The third kappa shape index (κ3) is 5.76. The van der Waals surface area contributed by atoms with Crippen molar-refractivity contribution in [2.24, 2.45) is 11.3 Å². The molecule has 2 bridgehead atoms. The van der Waals surface area contributed by atoms with Gasteiger partial charge in [-0.25, -0.2) is 17.6 Å². The highest BCUT2D eigenvalue weighted by atomic mass is 32.1. The zero-order valence-corrected chi connectivity index (χ0v) is 28.0. The number of aromatic nitrogens is 2. The van der Waals surface area contributed by atoms with E-state index in [0.717, 1.165) is 30.2 Å². The zero-order chi connectivity index (χ0) is 35.7. The minimum Gasteiger partial charge on any atom is -0.463 e. The van der Waals surface area contributed by atoms with Crippen molar-refractivity contribution in [3.63, 3.8) is 0 Å². The van der Waals surface area contributed by atoms with Crippen LogP contribution in [0.2, 0.25) is 0 Å². The van der Waals surface area contributed by atoms with Gasteiger partial charge in [-0.15, -0.1) is 11.3 Å². The number of nitrogens with one attached hydrogen (secondary N) is 1. The van der Waals surface area contributed by atoms with Gasteiger partial charge in [0.15, 0.2) is 5.82 Å². The number of piperazine rings is 1. The van der Waals surface area contributed by atoms with Crippen LogP contribution in [0.5, 0.6) is 6.01 Å². The summed E-state index contributed by atoms with van der Waals surface area (Å²) in [5, 5.41) is 12.7. The fourth-order valence-corrected chi connectivity index (χ4v) is 9.03. The van der Waals surface area contributed by atoms with Crippen molar-refractivity contribution in [2.45, 2.75) is 57.3 Å². The van der Waals surface area contributed by atoms with Gasteiger partial charge < -0.3 is 25.6 Å². The summed E-state index contributed by atoms with van der Waals surface area (Å²) < 4.78 is 113. The van der Waals surface area contributed by atoms with Crippen LogP contribution < -0.4 is 20.7 Å². The molecule has 4 aromatic rings. The minimum absolute atomic E-state index is 0.00718. The number of thiophene rings is 1. The molecular weight excluding hydrogens is 687 g/mol. The minimum atomic E-state index is -5.17. The van der Waals surface area contributed by atoms with E-state index in [1.807, 2.05) is 18.0 Å². The lowest BCUT2D eigenvalue weighted by molar-refractivity contribution is -0.137. The quantitative estimate of drug-likeness (QED) is 0.194. The number of hydrogen-bond donors (Lipinski definition) is 2. The number of halogens is 7. The number of hydrogen-bond acceptors (Lipinski definition) is 9. The largest absolute Gasteiger partial charge is 0.463 e. The van der Waals surface area contributed by atoms with E-state index in [-0.39, 0.29) is 57.0 Å². The molecule has 3 saturated heterocycles. The predicted octanol–water partition coefficient (Wildman–Crippen LogP) is 7.19. The van der Waals surface area contributed by atoms with E-state index in [4.69, 9.17) is 10.5 Å². The highest BCUT2D eigenvalue weighted by molar-refractivity contribution is 7.23. The van der Waals surface area contributed by atoms with Crippen LogP contribution >= 0.6 is 11.3 Å². The first kappa shape index (κ1) is 34.5. The maximum atomic E-state index is 17.1. The van der Waals surface area contributed by atoms with Gasteiger partial charge in [-0.1, -0.05) is 6.92 Å². The molecule has 0 saturated carbocycles. The molecule has 7 rings (SSSR count). The summed E-state index contributed by atoms with van der Waals surface area (Å²) in [5.74, 6) is -3.69. The monoisotopic (exact) mass is 721 g/mol. The Bertz CT molecular complexity index is 2000. The molecule has 2 aromatic carbocycles. The zero-order valence-electron chi connectivity index (χ0n) is 27.2.